The summed E-state index contributed by atoms with van der Waals surface area (Å²) in [7, 11) is 0. The first-order chi connectivity index (χ1) is 11.7. The van der Waals surface area contributed by atoms with Crippen LogP contribution < -0.4 is 10.3 Å². The SMILES string of the molecule is O=[N+]([O-])c1ccc(C=NNc2cc(N3CCOCC3)ncn2)cc1. The monoisotopic (exact) mass is 328 g/mol. The standard InChI is InChI=1S/C15H16N6O3/c22-21(23)13-3-1-12(2-4-13)10-18-19-14-9-15(17-11-16-14)20-5-7-24-8-6-20/h1-4,9-11H,5-8H2,(H,16,17,19). The number of nitrogens with one attached hydrogen (secondary N) is 1. The third-order valence-electron chi connectivity index (χ3n) is 3.48. The molecule has 9 nitrogen and oxygen atoms in total. The van der Waals surface area contributed by atoms with Gasteiger partial charge in [-0.1, -0.05) is 0 Å². The van der Waals surface area contributed by atoms with E-state index in [4.69, 9.17) is 4.74 Å². The number of nitro groups is 1. The van der Waals surface area contributed by atoms with Gasteiger partial charge in [0.1, 0.15) is 12.1 Å². The average molecular weight is 328 g/mol. The number of hydrogen-bond acceptors (Lipinski definition) is 8. The normalized spacial score (nSPS) is 14.8. The summed E-state index contributed by atoms with van der Waals surface area (Å²) in [4.78, 5) is 20.7. The van der Waals surface area contributed by atoms with E-state index in [1.165, 1.54) is 18.5 Å². The van der Waals surface area contributed by atoms with Crippen molar-refractivity contribution in [3.8, 4) is 0 Å². The second kappa shape index (κ2) is 7.47. The van der Waals surface area contributed by atoms with Crippen LogP contribution in [0.2, 0.25) is 0 Å². The van der Waals surface area contributed by atoms with Crippen molar-refractivity contribution in [2.75, 3.05) is 36.6 Å². The third-order valence-corrected chi connectivity index (χ3v) is 3.48. The van der Waals surface area contributed by atoms with E-state index in [-0.39, 0.29) is 5.69 Å². The van der Waals surface area contributed by atoms with Gasteiger partial charge >= 0.3 is 0 Å². The lowest BCUT2D eigenvalue weighted by Gasteiger charge is -2.27. The van der Waals surface area contributed by atoms with Gasteiger partial charge in [-0.2, -0.15) is 5.10 Å². The molecule has 1 aromatic carbocycles. The highest BCUT2D eigenvalue weighted by Gasteiger charge is 2.12. The van der Waals surface area contributed by atoms with Crippen LogP contribution in [0, 0.1) is 10.1 Å². The molecule has 2 heterocycles. The molecule has 2 aromatic rings. The van der Waals surface area contributed by atoms with Crippen molar-refractivity contribution in [2.45, 2.75) is 0 Å². The molecular weight excluding hydrogens is 312 g/mol. The summed E-state index contributed by atoms with van der Waals surface area (Å²) in [6, 6.07) is 7.94. The Kier molecular flexibility index (Phi) is 4.92. The smallest absolute Gasteiger partial charge is 0.269 e. The highest BCUT2D eigenvalue weighted by molar-refractivity contribution is 5.80. The minimum absolute atomic E-state index is 0.0473. The fraction of sp³-hybridized carbons (Fsp3) is 0.267. The second-order valence-corrected chi connectivity index (χ2v) is 5.08. The Labute approximate surface area is 138 Å². The fourth-order valence-corrected chi connectivity index (χ4v) is 2.23. The molecule has 1 aromatic heterocycles. The minimum Gasteiger partial charge on any atom is -0.378 e. The number of benzene rings is 1. The number of nitrogens with zero attached hydrogens (tertiary/aromatic N) is 5. The number of anilines is 2. The van der Waals surface area contributed by atoms with Crippen LogP contribution in [0.5, 0.6) is 0 Å². The fourth-order valence-electron chi connectivity index (χ4n) is 2.23. The molecule has 0 aliphatic carbocycles. The summed E-state index contributed by atoms with van der Waals surface area (Å²) in [5, 5.41) is 14.7. The molecule has 0 unspecified atom stereocenters. The molecule has 1 fully saturated rings. The van der Waals surface area contributed by atoms with Crippen LogP contribution in [0.1, 0.15) is 5.56 Å². The maximum atomic E-state index is 10.6. The van der Waals surface area contributed by atoms with E-state index in [1.54, 1.807) is 18.3 Å². The lowest BCUT2D eigenvalue weighted by molar-refractivity contribution is -0.384. The Balaban J connectivity index is 1.62. The molecule has 0 radical (unpaired) electrons. The Morgan fingerprint density at radius 3 is 2.71 bits per heavy atom. The maximum Gasteiger partial charge on any atom is 0.269 e. The van der Waals surface area contributed by atoms with Crippen molar-refractivity contribution >= 4 is 23.5 Å². The van der Waals surface area contributed by atoms with Crippen LogP contribution in [-0.4, -0.2) is 47.4 Å². The van der Waals surface area contributed by atoms with Crippen molar-refractivity contribution in [1.29, 1.82) is 0 Å². The van der Waals surface area contributed by atoms with E-state index >= 15 is 0 Å². The summed E-state index contributed by atoms with van der Waals surface area (Å²) < 4.78 is 5.32. The first-order valence-electron chi connectivity index (χ1n) is 7.40. The summed E-state index contributed by atoms with van der Waals surface area (Å²) in [6.45, 7) is 2.96. The number of morpholine rings is 1. The molecular formula is C15H16N6O3. The number of ether oxygens (including phenoxy) is 1. The zero-order valence-corrected chi connectivity index (χ0v) is 12.8. The highest BCUT2D eigenvalue weighted by Crippen LogP contribution is 2.15. The van der Waals surface area contributed by atoms with Crippen molar-refractivity contribution < 1.29 is 9.66 Å². The van der Waals surface area contributed by atoms with E-state index in [0.29, 0.717) is 19.0 Å². The predicted molar refractivity (Wildman–Crippen MR) is 89.4 cm³/mol. The lowest BCUT2D eigenvalue weighted by Crippen LogP contribution is -2.36. The van der Waals surface area contributed by atoms with Gasteiger partial charge in [-0.3, -0.25) is 15.5 Å². The van der Waals surface area contributed by atoms with Gasteiger partial charge in [0, 0.05) is 31.3 Å². The van der Waals surface area contributed by atoms with Crippen LogP contribution >= 0.6 is 0 Å². The number of hydrogen-bond donors (Lipinski definition) is 1. The Bertz CT molecular complexity index is 728. The molecule has 1 N–H and O–H groups in total. The number of non-ortho nitro benzene ring substituents is 1. The van der Waals surface area contributed by atoms with Gasteiger partial charge in [0.15, 0.2) is 5.82 Å². The Hall–Kier alpha value is -3.07. The molecule has 0 atom stereocenters. The summed E-state index contributed by atoms with van der Waals surface area (Å²) in [5.74, 6) is 1.39. The predicted octanol–water partition coefficient (Wildman–Crippen LogP) is 1.67. The summed E-state index contributed by atoms with van der Waals surface area (Å²) in [6.07, 6.45) is 3.05. The van der Waals surface area contributed by atoms with Crippen molar-refractivity contribution in [3.63, 3.8) is 0 Å². The molecule has 9 heteroatoms. The summed E-state index contributed by atoms with van der Waals surface area (Å²) >= 11 is 0. The first-order valence-corrected chi connectivity index (χ1v) is 7.40. The first kappa shape index (κ1) is 15.8. The zero-order chi connectivity index (χ0) is 16.8. The molecule has 1 saturated heterocycles. The van der Waals surface area contributed by atoms with Crippen LogP contribution in [0.3, 0.4) is 0 Å². The van der Waals surface area contributed by atoms with E-state index in [2.05, 4.69) is 25.4 Å². The number of rotatable bonds is 5. The summed E-state index contributed by atoms with van der Waals surface area (Å²) in [5.41, 5.74) is 3.63. The van der Waals surface area contributed by atoms with Crippen molar-refractivity contribution in [2.24, 2.45) is 5.10 Å². The van der Waals surface area contributed by atoms with E-state index in [0.717, 1.165) is 24.5 Å². The molecule has 24 heavy (non-hydrogen) atoms. The van der Waals surface area contributed by atoms with Crippen LogP contribution in [-0.2, 0) is 4.74 Å². The molecule has 0 spiro atoms. The molecule has 1 aliphatic rings. The largest absolute Gasteiger partial charge is 0.378 e. The molecule has 124 valence electrons. The third kappa shape index (κ3) is 4.02. The Morgan fingerprint density at radius 2 is 2.00 bits per heavy atom. The van der Waals surface area contributed by atoms with Gasteiger partial charge in [-0.25, -0.2) is 9.97 Å². The van der Waals surface area contributed by atoms with Gasteiger partial charge in [0.2, 0.25) is 0 Å². The van der Waals surface area contributed by atoms with E-state index < -0.39 is 4.92 Å². The lowest BCUT2D eigenvalue weighted by atomic mass is 10.2. The number of hydrazone groups is 1. The second-order valence-electron chi connectivity index (χ2n) is 5.08. The van der Waals surface area contributed by atoms with Crippen LogP contribution in [0.4, 0.5) is 17.3 Å². The zero-order valence-electron chi connectivity index (χ0n) is 12.8. The minimum atomic E-state index is -0.437. The highest BCUT2D eigenvalue weighted by atomic mass is 16.6. The quantitative estimate of drug-likeness (QED) is 0.505. The van der Waals surface area contributed by atoms with E-state index in [1.807, 2.05) is 6.07 Å². The van der Waals surface area contributed by atoms with Crippen molar-refractivity contribution in [1.82, 2.24) is 9.97 Å². The Morgan fingerprint density at radius 1 is 1.25 bits per heavy atom. The molecule has 0 saturated carbocycles. The number of aromatic nitrogens is 2. The molecule has 0 bridgehead atoms. The van der Waals surface area contributed by atoms with Gasteiger partial charge < -0.3 is 9.64 Å². The maximum absolute atomic E-state index is 10.6. The van der Waals surface area contributed by atoms with Crippen molar-refractivity contribution in [3.05, 3.63) is 52.3 Å². The van der Waals surface area contributed by atoms with Gasteiger partial charge in [0.05, 0.1) is 24.4 Å². The number of nitro benzene ring substituents is 1. The molecule has 1 aliphatic heterocycles. The molecule has 0 amide bonds. The van der Waals surface area contributed by atoms with Crippen LogP contribution in [0.15, 0.2) is 41.8 Å². The van der Waals surface area contributed by atoms with Gasteiger partial charge in [-0.05, 0) is 17.7 Å². The van der Waals surface area contributed by atoms with E-state index in [9.17, 15) is 10.1 Å². The molecule has 3 rings (SSSR count). The van der Waals surface area contributed by atoms with Gasteiger partial charge in [0.25, 0.3) is 5.69 Å². The van der Waals surface area contributed by atoms with Gasteiger partial charge in [-0.15, -0.1) is 0 Å². The van der Waals surface area contributed by atoms with Crippen LogP contribution in [0.25, 0.3) is 0 Å². The topological polar surface area (TPSA) is 106 Å². The average Bonchev–Trinajstić information content (AvgIpc) is 2.63.